The summed E-state index contributed by atoms with van der Waals surface area (Å²) in [5.74, 6) is 0.545. The fourth-order valence-corrected chi connectivity index (χ4v) is 3.67. The van der Waals surface area contributed by atoms with Crippen LogP contribution in [0.25, 0.3) is 10.9 Å². The van der Waals surface area contributed by atoms with E-state index in [1.54, 1.807) is 6.20 Å². The van der Waals surface area contributed by atoms with Gasteiger partial charge in [0.2, 0.25) is 9.05 Å². The molecule has 2 rings (SSSR count). The summed E-state index contributed by atoms with van der Waals surface area (Å²) < 4.78 is 28.3. The molecule has 6 heteroatoms. The molecule has 0 aliphatic heterocycles. The van der Waals surface area contributed by atoms with Gasteiger partial charge in [0.25, 0.3) is 0 Å². The zero-order valence-corrected chi connectivity index (χ0v) is 13.4. The maximum atomic E-state index is 11.2. The molecule has 2 aromatic rings. The van der Waals surface area contributed by atoms with Gasteiger partial charge in [-0.25, -0.2) is 8.42 Å². The highest BCUT2D eigenvalue weighted by molar-refractivity contribution is 8.13. The second-order valence-corrected chi connectivity index (χ2v) is 7.82. The van der Waals surface area contributed by atoms with E-state index in [1.165, 1.54) is 0 Å². The molecule has 0 bridgehead atoms. The van der Waals surface area contributed by atoms with Crippen LogP contribution in [0.5, 0.6) is 5.75 Å². The molecule has 1 aromatic heterocycles. The largest absolute Gasteiger partial charge is 0.493 e. The lowest BCUT2D eigenvalue weighted by molar-refractivity contribution is 0.255. The van der Waals surface area contributed by atoms with Crippen molar-refractivity contribution in [2.75, 3.05) is 12.4 Å². The van der Waals surface area contributed by atoms with E-state index >= 15 is 0 Å². The van der Waals surface area contributed by atoms with E-state index < -0.39 is 9.05 Å². The number of aromatic nitrogens is 1. The van der Waals surface area contributed by atoms with Gasteiger partial charge in [0.15, 0.2) is 0 Å². The fraction of sp³-hybridized carbons (Fsp3) is 0.400. The first kappa shape index (κ1) is 16.0. The lowest BCUT2D eigenvalue weighted by atomic mass is 10.1. The van der Waals surface area contributed by atoms with Crippen LogP contribution < -0.4 is 4.74 Å². The molecule has 1 heterocycles. The minimum absolute atomic E-state index is 0.0641. The Balaban J connectivity index is 2.12. The molecule has 0 spiro atoms. The predicted molar refractivity (Wildman–Crippen MR) is 85.3 cm³/mol. The Morgan fingerprint density at radius 3 is 2.81 bits per heavy atom. The summed E-state index contributed by atoms with van der Waals surface area (Å²) in [4.78, 5) is 4.27. The highest BCUT2D eigenvalue weighted by atomic mass is 35.7. The van der Waals surface area contributed by atoms with Crippen molar-refractivity contribution in [1.82, 2.24) is 4.98 Å². The predicted octanol–water partition coefficient (Wildman–Crippen LogP) is 3.60. The maximum absolute atomic E-state index is 11.2. The standard InChI is InChI=1S/C15H18ClNO3S/c1-2-5-12(11-21(16,18)19)10-20-15-8-3-7-14-13(15)6-4-9-17-14/h3-4,6-9,12H,2,5,10-11H2,1H3. The summed E-state index contributed by atoms with van der Waals surface area (Å²) in [5.41, 5.74) is 0.854. The van der Waals surface area contributed by atoms with E-state index in [4.69, 9.17) is 15.4 Å². The molecule has 0 saturated heterocycles. The lowest BCUT2D eigenvalue weighted by Crippen LogP contribution is -2.19. The minimum atomic E-state index is -3.51. The minimum Gasteiger partial charge on any atom is -0.493 e. The Morgan fingerprint density at radius 1 is 1.29 bits per heavy atom. The highest BCUT2D eigenvalue weighted by Crippen LogP contribution is 2.25. The first-order chi connectivity index (χ1) is 9.99. The Hall–Kier alpha value is -1.33. The number of rotatable bonds is 7. The molecule has 21 heavy (non-hydrogen) atoms. The number of hydrogen-bond acceptors (Lipinski definition) is 4. The summed E-state index contributed by atoms with van der Waals surface area (Å²) in [6.07, 6.45) is 3.37. The lowest BCUT2D eigenvalue weighted by Gasteiger charge is -2.16. The van der Waals surface area contributed by atoms with Gasteiger partial charge < -0.3 is 4.74 Å². The molecule has 0 amide bonds. The monoisotopic (exact) mass is 327 g/mol. The maximum Gasteiger partial charge on any atom is 0.232 e. The Bertz CT molecular complexity index is 698. The highest BCUT2D eigenvalue weighted by Gasteiger charge is 2.17. The van der Waals surface area contributed by atoms with Crippen LogP contribution in [0.15, 0.2) is 36.5 Å². The van der Waals surface area contributed by atoms with Crippen molar-refractivity contribution >= 4 is 30.6 Å². The van der Waals surface area contributed by atoms with Crippen molar-refractivity contribution in [2.45, 2.75) is 19.8 Å². The molecule has 0 N–H and O–H groups in total. The Morgan fingerprint density at radius 2 is 2.10 bits per heavy atom. The quantitative estimate of drug-likeness (QED) is 0.729. The van der Waals surface area contributed by atoms with E-state index in [1.807, 2.05) is 37.3 Å². The van der Waals surface area contributed by atoms with Gasteiger partial charge in [-0.05, 0) is 30.7 Å². The number of halogens is 1. The van der Waals surface area contributed by atoms with Crippen molar-refractivity contribution in [3.63, 3.8) is 0 Å². The van der Waals surface area contributed by atoms with Crippen LogP contribution in [0.1, 0.15) is 19.8 Å². The second kappa shape index (κ2) is 7.09. The zero-order chi connectivity index (χ0) is 15.3. The van der Waals surface area contributed by atoms with Crippen LogP contribution in [-0.4, -0.2) is 25.8 Å². The van der Waals surface area contributed by atoms with Crippen LogP contribution >= 0.6 is 10.7 Å². The average Bonchev–Trinajstić information content (AvgIpc) is 2.43. The third kappa shape index (κ3) is 4.86. The molecular formula is C15H18ClNO3S. The first-order valence-corrected chi connectivity index (χ1v) is 9.36. The van der Waals surface area contributed by atoms with Gasteiger partial charge in [0.05, 0.1) is 17.9 Å². The van der Waals surface area contributed by atoms with Crippen LogP contribution in [0.4, 0.5) is 0 Å². The molecule has 0 fully saturated rings. The van der Waals surface area contributed by atoms with Crippen LogP contribution in [0.3, 0.4) is 0 Å². The van der Waals surface area contributed by atoms with E-state index in [0.717, 1.165) is 23.7 Å². The summed E-state index contributed by atoms with van der Waals surface area (Å²) in [5, 5.41) is 0.920. The third-order valence-electron chi connectivity index (χ3n) is 3.21. The molecule has 1 atom stereocenters. The summed E-state index contributed by atoms with van der Waals surface area (Å²) in [6, 6.07) is 9.43. The van der Waals surface area contributed by atoms with Crippen molar-refractivity contribution in [1.29, 1.82) is 0 Å². The third-order valence-corrected chi connectivity index (χ3v) is 4.46. The van der Waals surface area contributed by atoms with E-state index in [2.05, 4.69) is 4.98 Å². The van der Waals surface area contributed by atoms with Gasteiger partial charge in [-0.2, -0.15) is 0 Å². The topological polar surface area (TPSA) is 56.3 Å². The van der Waals surface area contributed by atoms with E-state index in [-0.39, 0.29) is 11.7 Å². The number of hydrogen-bond donors (Lipinski definition) is 0. The van der Waals surface area contributed by atoms with E-state index in [0.29, 0.717) is 12.4 Å². The van der Waals surface area contributed by atoms with Gasteiger partial charge in [-0.15, -0.1) is 0 Å². The van der Waals surface area contributed by atoms with Gasteiger partial charge in [0.1, 0.15) is 5.75 Å². The van der Waals surface area contributed by atoms with Crippen molar-refractivity contribution < 1.29 is 13.2 Å². The number of ether oxygens (including phenoxy) is 1. The van der Waals surface area contributed by atoms with Crippen LogP contribution in [-0.2, 0) is 9.05 Å². The summed E-state index contributed by atoms with van der Waals surface area (Å²) in [7, 11) is 1.83. The van der Waals surface area contributed by atoms with E-state index in [9.17, 15) is 8.42 Å². The van der Waals surface area contributed by atoms with Gasteiger partial charge in [-0.3, -0.25) is 4.98 Å². The fourth-order valence-electron chi connectivity index (χ4n) is 2.31. The van der Waals surface area contributed by atoms with Gasteiger partial charge in [0, 0.05) is 28.2 Å². The van der Waals surface area contributed by atoms with Crippen LogP contribution in [0, 0.1) is 5.92 Å². The molecule has 0 saturated carbocycles. The molecule has 114 valence electrons. The molecule has 0 aliphatic carbocycles. The summed E-state index contributed by atoms with van der Waals surface area (Å²) in [6.45, 7) is 2.34. The Kier molecular flexibility index (Phi) is 5.42. The molecule has 1 unspecified atom stereocenters. The first-order valence-electron chi connectivity index (χ1n) is 6.88. The molecule has 0 radical (unpaired) electrons. The molecule has 0 aliphatic rings. The van der Waals surface area contributed by atoms with Crippen molar-refractivity contribution in [3.05, 3.63) is 36.5 Å². The molecular weight excluding hydrogens is 310 g/mol. The number of fused-ring (bicyclic) bond motifs is 1. The van der Waals surface area contributed by atoms with Gasteiger partial charge >= 0.3 is 0 Å². The van der Waals surface area contributed by atoms with Crippen LogP contribution in [0.2, 0.25) is 0 Å². The molecule has 1 aromatic carbocycles. The van der Waals surface area contributed by atoms with Gasteiger partial charge in [-0.1, -0.05) is 19.4 Å². The number of nitrogens with zero attached hydrogens (tertiary/aromatic N) is 1. The van der Waals surface area contributed by atoms with Crippen molar-refractivity contribution in [3.8, 4) is 5.75 Å². The normalized spacial score (nSPS) is 13.2. The Labute approximate surface area is 129 Å². The number of pyridine rings is 1. The molecule has 4 nitrogen and oxygen atoms in total. The second-order valence-electron chi connectivity index (χ2n) is 5.00. The number of benzene rings is 1. The van der Waals surface area contributed by atoms with Crippen molar-refractivity contribution in [2.24, 2.45) is 5.92 Å². The summed E-state index contributed by atoms with van der Waals surface area (Å²) >= 11 is 0. The average molecular weight is 328 g/mol. The zero-order valence-electron chi connectivity index (χ0n) is 11.8. The smallest absolute Gasteiger partial charge is 0.232 e. The SMILES string of the molecule is CCCC(COc1cccc2ncccc12)CS(=O)(=O)Cl.